The molecule has 6 rings (SSSR count). The normalized spacial score (nSPS) is 21.2. The summed E-state index contributed by atoms with van der Waals surface area (Å²) in [6.45, 7) is 11.3. The highest BCUT2D eigenvalue weighted by atomic mass is 32.1. The lowest BCUT2D eigenvalue weighted by molar-refractivity contribution is -0.134. The number of thiophene rings is 1. The van der Waals surface area contributed by atoms with Crippen molar-refractivity contribution in [3.63, 3.8) is 0 Å². The Morgan fingerprint density at radius 3 is 2.73 bits per heavy atom. The summed E-state index contributed by atoms with van der Waals surface area (Å²) >= 11 is 1.90. The van der Waals surface area contributed by atoms with Gasteiger partial charge < -0.3 is 19.9 Å². The first-order valence-corrected chi connectivity index (χ1v) is 14.2. The second-order valence-electron chi connectivity index (χ2n) is 11.0. The first-order chi connectivity index (χ1) is 17.9. The Balaban J connectivity index is 1.26. The number of likely N-dealkylation sites (tertiary alicyclic amines) is 1. The standard InChI is InChI=1S/C28H36N6O2S/c1-15(2)22-23-17(4)25(18-6-8-33(9-7-18)28(35)21-11-20(36-5)12-29-21)37-27(23)32-24(22)19-10-16(3)26-30-14-31-34(26)13-19/h10,13-15,18,20-21,29,32H,6-9,11-12H2,1-5H3/t20-,21-/m1/s1. The summed E-state index contributed by atoms with van der Waals surface area (Å²) < 4.78 is 7.30. The summed E-state index contributed by atoms with van der Waals surface area (Å²) in [4.78, 5) is 26.0. The number of aromatic amines is 1. The highest BCUT2D eigenvalue weighted by Crippen LogP contribution is 2.46. The number of pyridine rings is 1. The van der Waals surface area contributed by atoms with Gasteiger partial charge in [-0.15, -0.1) is 11.3 Å². The Kier molecular flexibility index (Phi) is 6.33. The molecule has 1 amide bonds. The molecule has 2 aliphatic rings. The van der Waals surface area contributed by atoms with Crippen molar-refractivity contribution in [1.82, 2.24) is 29.8 Å². The zero-order chi connectivity index (χ0) is 25.8. The van der Waals surface area contributed by atoms with E-state index in [1.54, 1.807) is 13.4 Å². The SMILES string of the molecule is CO[C@H]1CN[C@@H](C(=O)N2CCC(c3sc4[nH]c(-c5cc(C)c6ncnn6c5)c(C(C)C)c4c3C)CC2)C1. The van der Waals surface area contributed by atoms with Crippen LogP contribution in [0.1, 0.15) is 66.5 Å². The van der Waals surface area contributed by atoms with E-state index in [-0.39, 0.29) is 18.1 Å². The number of rotatable bonds is 5. The van der Waals surface area contributed by atoms with Crippen LogP contribution in [0.5, 0.6) is 0 Å². The molecule has 37 heavy (non-hydrogen) atoms. The molecule has 2 saturated heterocycles. The second kappa shape index (κ2) is 9.53. The first-order valence-electron chi connectivity index (χ1n) is 13.4. The lowest BCUT2D eigenvalue weighted by Crippen LogP contribution is -2.46. The molecule has 4 aromatic heterocycles. The molecule has 2 atom stereocenters. The molecule has 2 aliphatic heterocycles. The minimum atomic E-state index is -0.101. The second-order valence-corrected chi connectivity index (χ2v) is 12.0. The van der Waals surface area contributed by atoms with Gasteiger partial charge in [0, 0.05) is 48.8 Å². The van der Waals surface area contributed by atoms with Crippen LogP contribution in [0.2, 0.25) is 0 Å². The Bertz CT molecular complexity index is 1460. The number of methoxy groups -OCH3 is 1. The predicted molar refractivity (Wildman–Crippen MR) is 147 cm³/mol. The molecule has 9 heteroatoms. The summed E-state index contributed by atoms with van der Waals surface area (Å²) in [6, 6.07) is 2.11. The molecular weight excluding hydrogens is 484 g/mol. The van der Waals surface area contributed by atoms with Gasteiger partial charge >= 0.3 is 0 Å². The number of hydrogen-bond acceptors (Lipinski definition) is 6. The number of nitrogens with one attached hydrogen (secondary N) is 2. The van der Waals surface area contributed by atoms with Crippen molar-refractivity contribution in [2.45, 2.75) is 70.9 Å². The molecule has 4 aromatic rings. The monoisotopic (exact) mass is 520 g/mol. The van der Waals surface area contributed by atoms with Gasteiger partial charge in [-0.25, -0.2) is 9.50 Å². The van der Waals surface area contributed by atoms with E-state index in [2.05, 4.69) is 65.2 Å². The quantitative estimate of drug-likeness (QED) is 0.396. The van der Waals surface area contributed by atoms with E-state index in [1.807, 2.05) is 15.9 Å². The lowest BCUT2D eigenvalue weighted by atomic mass is 9.90. The van der Waals surface area contributed by atoms with Gasteiger partial charge in [0.1, 0.15) is 11.2 Å². The predicted octanol–water partition coefficient (Wildman–Crippen LogP) is 4.76. The minimum absolute atomic E-state index is 0.101. The molecule has 6 heterocycles. The molecule has 0 saturated carbocycles. The van der Waals surface area contributed by atoms with Crippen molar-refractivity contribution in [1.29, 1.82) is 0 Å². The van der Waals surface area contributed by atoms with E-state index in [0.29, 0.717) is 11.8 Å². The molecule has 0 unspecified atom stereocenters. The van der Waals surface area contributed by atoms with Crippen LogP contribution in [0.15, 0.2) is 18.6 Å². The van der Waals surface area contributed by atoms with E-state index in [0.717, 1.165) is 55.7 Å². The fraction of sp³-hybridized carbons (Fsp3) is 0.536. The van der Waals surface area contributed by atoms with Crippen LogP contribution in [0, 0.1) is 13.8 Å². The number of piperidine rings is 1. The number of carbonyl (C=O) groups excluding carboxylic acids is 1. The highest BCUT2D eigenvalue weighted by molar-refractivity contribution is 7.19. The number of ether oxygens (including phenoxy) is 1. The van der Waals surface area contributed by atoms with Gasteiger partial charge in [-0.05, 0) is 67.7 Å². The number of amides is 1. The minimum Gasteiger partial charge on any atom is -0.380 e. The van der Waals surface area contributed by atoms with Crippen LogP contribution in [0.25, 0.3) is 27.1 Å². The Morgan fingerprint density at radius 2 is 2.03 bits per heavy atom. The van der Waals surface area contributed by atoms with Gasteiger partial charge in [-0.3, -0.25) is 4.79 Å². The fourth-order valence-electron chi connectivity index (χ4n) is 6.33. The highest BCUT2D eigenvalue weighted by Gasteiger charge is 2.35. The number of hydrogen-bond donors (Lipinski definition) is 2. The third-order valence-corrected chi connectivity index (χ3v) is 9.66. The van der Waals surface area contributed by atoms with E-state index < -0.39 is 0 Å². The molecule has 0 spiro atoms. The Hall–Kier alpha value is -2.75. The van der Waals surface area contributed by atoms with E-state index in [1.165, 1.54) is 31.9 Å². The fourth-order valence-corrected chi connectivity index (χ4v) is 7.72. The van der Waals surface area contributed by atoms with Crippen LogP contribution < -0.4 is 5.32 Å². The van der Waals surface area contributed by atoms with Crippen molar-refractivity contribution in [2.75, 3.05) is 26.7 Å². The molecule has 0 bridgehead atoms. The smallest absolute Gasteiger partial charge is 0.239 e. The molecule has 8 nitrogen and oxygen atoms in total. The number of fused-ring (bicyclic) bond motifs is 2. The molecule has 2 fully saturated rings. The van der Waals surface area contributed by atoms with Gasteiger partial charge in [0.15, 0.2) is 5.65 Å². The summed E-state index contributed by atoms with van der Waals surface area (Å²) in [6.07, 6.45) is 6.63. The first kappa shape index (κ1) is 24.6. The van der Waals surface area contributed by atoms with Crippen LogP contribution in [0.3, 0.4) is 0 Å². The summed E-state index contributed by atoms with van der Waals surface area (Å²) in [7, 11) is 1.72. The van der Waals surface area contributed by atoms with Gasteiger partial charge in [0.25, 0.3) is 0 Å². The van der Waals surface area contributed by atoms with Crippen molar-refractivity contribution in [3.05, 3.63) is 40.2 Å². The van der Waals surface area contributed by atoms with Crippen molar-refractivity contribution < 1.29 is 9.53 Å². The van der Waals surface area contributed by atoms with Gasteiger partial charge in [-0.1, -0.05) is 13.8 Å². The molecule has 2 N–H and O–H groups in total. The topological polar surface area (TPSA) is 87.5 Å². The summed E-state index contributed by atoms with van der Waals surface area (Å²) in [5, 5.41) is 9.10. The number of H-pyrrole nitrogens is 1. The van der Waals surface area contributed by atoms with Crippen LogP contribution in [0.4, 0.5) is 0 Å². The molecule has 0 aromatic carbocycles. The number of aryl methyl sites for hydroxylation is 2. The molecule has 0 radical (unpaired) electrons. The summed E-state index contributed by atoms with van der Waals surface area (Å²) in [5.41, 5.74) is 7.12. The maximum atomic E-state index is 13.0. The van der Waals surface area contributed by atoms with Gasteiger partial charge in [0.05, 0.1) is 17.8 Å². The van der Waals surface area contributed by atoms with E-state index >= 15 is 0 Å². The molecule has 0 aliphatic carbocycles. The van der Waals surface area contributed by atoms with E-state index in [9.17, 15) is 4.79 Å². The van der Waals surface area contributed by atoms with Crippen LogP contribution in [-0.4, -0.2) is 69.3 Å². The number of aromatic nitrogens is 4. The number of carbonyl (C=O) groups is 1. The zero-order valence-corrected chi connectivity index (χ0v) is 23.1. The Labute approximate surface area is 221 Å². The zero-order valence-electron chi connectivity index (χ0n) is 22.3. The summed E-state index contributed by atoms with van der Waals surface area (Å²) in [5.74, 6) is 1.11. The lowest BCUT2D eigenvalue weighted by Gasteiger charge is -2.33. The molecular formula is C28H36N6O2S. The average Bonchev–Trinajstić information content (AvgIpc) is 3.67. The van der Waals surface area contributed by atoms with Gasteiger partial charge in [0.2, 0.25) is 5.91 Å². The third-order valence-electron chi connectivity index (χ3n) is 8.29. The van der Waals surface area contributed by atoms with Crippen molar-refractivity contribution >= 4 is 33.1 Å². The largest absolute Gasteiger partial charge is 0.380 e. The van der Waals surface area contributed by atoms with Crippen molar-refractivity contribution in [2.24, 2.45) is 0 Å². The Morgan fingerprint density at radius 1 is 1.24 bits per heavy atom. The number of nitrogens with zero attached hydrogens (tertiary/aromatic N) is 4. The average molecular weight is 521 g/mol. The van der Waals surface area contributed by atoms with Crippen molar-refractivity contribution in [3.8, 4) is 11.3 Å². The third kappa shape index (κ3) is 4.17. The van der Waals surface area contributed by atoms with Crippen LogP contribution >= 0.6 is 11.3 Å². The van der Waals surface area contributed by atoms with E-state index in [4.69, 9.17) is 4.74 Å². The van der Waals surface area contributed by atoms with Crippen LogP contribution in [-0.2, 0) is 9.53 Å². The maximum absolute atomic E-state index is 13.0. The van der Waals surface area contributed by atoms with Gasteiger partial charge in [-0.2, -0.15) is 5.10 Å². The maximum Gasteiger partial charge on any atom is 0.239 e. The molecule has 196 valence electrons.